The summed E-state index contributed by atoms with van der Waals surface area (Å²) in [5.74, 6) is 0.769. The number of carbonyl (C=O) groups excluding carboxylic acids is 1. The van der Waals surface area contributed by atoms with Gasteiger partial charge in [-0.3, -0.25) is 5.32 Å². The lowest BCUT2D eigenvalue weighted by atomic mass is 10.2. The Morgan fingerprint density at radius 1 is 1.15 bits per heavy atom. The van der Waals surface area contributed by atoms with E-state index in [1.54, 1.807) is 24.3 Å². The second kappa shape index (κ2) is 8.64. The van der Waals surface area contributed by atoms with Gasteiger partial charge in [-0.1, -0.05) is 48.1 Å². The first-order chi connectivity index (χ1) is 12.6. The number of anilines is 2. The Morgan fingerprint density at radius 3 is 2.69 bits per heavy atom. The number of aromatic nitrogens is 2. The van der Waals surface area contributed by atoms with E-state index in [1.807, 2.05) is 24.3 Å². The molecule has 0 radical (unpaired) electrons. The molecule has 0 fully saturated rings. The van der Waals surface area contributed by atoms with E-state index >= 15 is 0 Å². The summed E-state index contributed by atoms with van der Waals surface area (Å²) in [6.45, 7) is 2.40. The lowest BCUT2D eigenvalue weighted by Gasteiger charge is -2.05. The topological polar surface area (TPSA) is 76.1 Å². The predicted molar refractivity (Wildman–Crippen MR) is 104 cm³/mol. The maximum atomic E-state index is 12.0. The summed E-state index contributed by atoms with van der Waals surface area (Å²) in [6.07, 6.45) is 0.989. The van der Waals surface area contributed by atoms with Gasteiger partial charge in [0.2, 0.25) is 5.13 Å². The quantitative estimate of drug-likeness (QED) is 0.624. The number of nitrogens with zero attached hydrogens (tertiary/aromatic N) is 2. The van der Waals surface area contributed by atoms with Crippen LogP contribution < -0.4 is 15.4 Å². The number of nitrogens with one attached hydrogen (secondary N) is 2. The van der Waals surface area contributed by atoms with E-state index in [-0.39, 0.29) is 0 Å². The summed E-state index contributed by atoms with van der Waals surface area (Å²) in [6, 6.07) is 14.4. The zero-order valence-corrected chi connectivity index (χ0v) is 15.6. The molecule has 2 amide bonds. The van der Waals surface area contributed by atoms with Crippen LogP contribution in [0.2, 0.25) is 5.02 Å². The number of benzene rings is 2. The van der Waals surface area contributed by atoms with Crippen LogP contribution in [0.15, 0.2) is 48.5 Å². The van der Waals surface area contributed by atoms with Gasteiger partial charge in [0.1, 0.15) is 12.4 Å². The van der Waals surface area contributed by atoms with Crippen molar-refractivity contribution in [1.82, 2.24) is 10.2 Å². The third-order valence-corrected chi connectivity index (χ3v) is 4.51. The molecule has 0 spiro atoms. The molecule has 0 unspecified atom stereocenters. The molecule has 1 heterocycles. The SMILES string of the molecule is CCc1ccc(OCc2nnc(NC(=O)Nc3cccc(Cl)c3)s2)cc1. The van der Waals surface area contributed by atoms with Gasteiger partial charge in [0.05, 0.1) is 0 Å². The number of rotatable bonds is 6. The van der Waals surface area contributed by atoms with Crippen LogP contribution in [0.25, 0.3) is 0 Å². The largest absolute Gasteiger partial charge is 0.486 e. The normalized spacial score (nSPS) is 10.4. The van der Waals surface area contributed by atoms with Crippen LogP contribution in [-0.2, 0) is 13.0 Å². The van der Waals surface area contributed by atoms with Crippen LogP contribution in [-0.4, -0.2) is 16.2 Å². The number of halogens is 1. The summed E-state index contributed by atoms with van der Waals surface area (Å²) < 4.78 is 5.68. The van der Waals surface area contributed by atoms with E-state index in [0.29, 0.717) is 27.5 Å². The minimum atomic E-state index is -0.411. The molecule has 0 saturated carbocycles. The first-order valence-electron chi connectivity index (χ1n) is 8.00. The van der Waals surface area contributed by atoms with E-state index in [1.165, 1.54) is 16.9 Å². The Morgan fingerprint density at radius 2 is 1.96 bits per heavy atom. The third kappa shape index (κ3) is 5.18. The lowest BCUT2D eigenvalue weighted by molar-refractivity contribution is 0.262. The van der Waals surface area contributed by atoms with E-state index < -0.39 is 6.03 Å². The number of hydrogen-bond donors (Lipinski definition) is 2. The zero-order valence-electron chi connectivity index (χ0n) is 14.0. The van der Waals surface area contributed by atoms with E-state index in [4.69, 9.17) is 16.3 Å². The maximum absolute atomic E-state index is 12.0. The Labute approximate surface area is 160 Å². The molecule has 0 atom stereocenters. The van der Waals surface area contributed by atoms with Crippen LogP contribution in [0.5, 0.6) is 5.75 Å². The van der Waals surface area contributed by atoms with Crippen molar-refractivity contribution in [2.75, 3.05) is 10.6 Å². The molecule has 26 heavy (non-hydrogen) atoms. The van der Waals surface area contributed by atoms with Crippen LogP contribution in [0.4, 0.5) is 15.6 Å². The summed E-state index contributed by atoms with van der Waals surface area (Å²) >= 11 is 7.14. The first-order valence-corrected chi connectivity index (χ1v) is 9.19. The average molecular weight is 389 g/mol. The summed E-state index contributed by atoms with van der Waals surface area (Å²) in [5, 5.41) is 14.9. The Bertz CT molecular complexity index is 883. The minimum Gasteiger partial charge on any atom is -0.486 e. The highest BCUT2D eigenvalue weighted by atomic mass is 35.5. The number of ether oxygens (including phenoxy) is 1. The van der Waals surface area contributed by atoms with Crippen molar-refractivity contribution >= 4 is 39.8 Å². The van der Waals surface area contributed by atoms with Gasteiger partial charge in [0.15, 0.2) is 5.01 Å². The number of urea groups is 1. The second-order valence-electron chi connectivity index (χ2n) is 5.38. The molecule has 134 valence electrons. The molecule has 2 aromatic carbocycles. The fraction of sp³-hybridized carbons (Fsp3) is 0.167. The highest BCUT2D eigenvalue weighted by Crippen LogP contribution is 2.20. The third-order valence-electron chi connectivity index (χ3n) is 3.46. The van der Waals surface area contributed by atoms with E-state index in [9.17, 15) is 4.79 Å². The molecule has 0 bridgehead atoms. The van der Waals surface area contributed by atoms with Crippen molar-refractivity contribution in [3.05, 3.63) is 64.1 Å². The monoisotopic (exact) mass is 388 g/mol. The molecular weight excluding hydrogens is 372 g/mol. The second-order valence-corrected chi connectivity index (χ2v) is 6.88. The van der Waals surface area contributed by atoms with E-state index in [0.717, 1.165) is 12.2 Å². The first kappa shape index (κ1) is 18.2. The number of aryl methyl sites for hydroxylation is 1. The molecule has 0 aliphatic carbocycles. The van der Waals surface area contributed by atoms with Crippen molar-refractivity contribution in [3.63, 3.8) is 0 Å². The van der Waals surface area contributed by atoms with Gasteiger partial charge in [-0.25, -0.2) is 4.79 Å². The minimum absolute atomic E-state index is 0.292. The molecule has 3 rings (SSSR count). The van der Waals surface area contributed by atoms with Crippen LogP contribution >= 0.6 is 22.9 Å². The summed E-state index contributed by atoms with van der Waals surface area (Å²) in [7, 11) is 0. The number of carbonyl (C=O) groups is 1. The summed E-state index contributed by atoms with van der Waals surface area (Å²) in [5.41, 5.74) is 1.85. The van der Waals surface area contributed by atoms with Gasteiger partial charge in [0, 0.05) is 10.7 Å². The lowest BCUT2D eigenvalue weighted by Crippen LogP contribution is -2.19. The standard InChI is InChI=1S/C18H17ClN4O2S/c1-2-12-6-8-15(9-7-12)25-11-16-22-23-18(26-16)21-17(24)20-14-5-3-4-13(19)10-14/h3-10H,2,11H2,1H3,(H2,20,21,23,24). The fourth-order valence-corrected chi connectivity index (χ4v) is 2.99. The van der Waals surface area contributed by atoms with Crippen LogP contribution in [0.1, 0.15) is 17.5 Å². The molecule has 3 aromatic rings. The Kier molecular flexibility index (Phi) is 6.04. The molecule has 6 nitrogen and oxygen atoms in total. The maximum Gasteiger partial charge on any atom is 0.325 e. The molecule has 0 saturated heterocycles. The Hall–Kier alpha value is -2.64. The number of amides is 2. The number of hydrogen-bond acceptors (Lipinski definition) is 5. The van der Waals surface area contributed by atoms with Crippen LogP contribution in [0, 0.1) is 0 Å². The fourth-order valence-electron chi connectivity index (χ4n) is 2.15. The molecule has 2 N–H and O–H groups in total. The zero-order chi connectivity index (χ0) is 18.4. The smallest absolute Gasteiger partial charge is 0.325 e. The van der Waals surface area contributed by atoms with Gasteiger partial charge in [-0.05, 0) is 42.3 Å². The predicted octanol–water partition coefficient (Wildman–Crippen LogP) is 4.98. The van der Waals surface area contributed by atoms with Gasteiger partial charge in [0.25, 0.3) is 0 Å². The highest BCUT2D eigenvalue weighted by molar-refractivity contribution is 7.15. The van der Waals surface area contributed by atoms with Crippen molar-refractivity contribution in [3.8, 4) is 5.75 Å². The van der Waals surface area contributed by atoms with Crippen molar-refractivity contribution in [2.45, 2.75) is 20.0 Å². The van der Waals surface area contributed by atoms with Crippen molar-refractivity contribution < 1.29 is 9.53 Å². The molecular formula is C18H17ClN4O2S. The van der Waals surface area contributed by atoms with Gasteiger partial charge < -0.3 is 10.1 Å². The van der Waals surface area contributed by atoms with E-state index in [2.05, 4.69) is 27.8 Å². The van der Waals surface area contributed by atoms with Crippen LogP contribution in [0.3, 0.4) is 0 Å². The molecule has 0 aliphatic rings. The highest BCUT2D eigenvalue weighted by Gasteiger charge is 2.09. The Balaban J connectivity index is 1.51. The van der Waals surface area contributed by atoms with Crippen molar-refractivity contribution in [1.29, 1.82) is 0 Å². The summed E-state index contributed by atoms with van der Waals surface area (Å²) in [4.78, 5) is 12.0. The molecule has 0 aliphatic heterocycles. The van der Waals surface area contributed by atoms with Gasteiger partial charge in [-0.2, -0.15) is 0 Å². The van der Waals surface area contributed by atoms with Gasteiger partial charge in [-0.15, -0.1) is 10.2 Å². The molecule has 8 heteroatoms. The van der Waals surface area contributed by atoms with Gasteiger partial charge >= 0.3 is 6.03 Å². The average Bonchev–Trinajstić information content (AvgIpc) is 3.07. The van der Waals surface area contributed by atoms with Crippen molar-refractivity contribution in [2.24, 2.45) is 0 Å². The molecule has 1 aromatic heterocycles.